The SMILES string of the molecule is CCCCS(=O)(=O)c1ncc(C(=O)c2ccccc2)s1. The van der Waals surface area contributed by atoms with Crippen LogP contribution in [0.5, 0.6) is 0 Å². The molecule has 0 atom stereocenters. The predicted molar refractivity (Wildman–Crippen MR) is 78.9 cm³/mol. The zero-order chi connectivity index (χ0) is 14.6. The van der Waals surface area contributed by atoms with Gasteiger partial charge in [-0.3, -0.25) is 4.79 Å². The summed E-state index contributed by atoms with van der Waals surface area (Å²) in [5.41, 5.74) is 0.536. The first-order valence-electron chi connectivity index (χ1n) is 6.33. The quantitative estimate of drug-likeness (QED) is 0.770. The molecule has 1 aromatic heterocycles. The Balaban J connectivity index is 2.24. The van der Waals surface area contributed by atoms with Gasteiger partial charge in [0.05, 0.1) is 16.8 Å². The van der Waals surface area contributed by atoms with E-state index in [1.54, 1.807) is 24.3 Å². The smallest absolute Gasteiger partial charge is 0.209 e. The number of carbonyl (C=O) groups excluding carboxylic acids is 1. The number of nitrogens with zero attached hydrogens (tertiary/aromatic N) is 1. The van der Waals surface area contributed by atoms with Crippen molar-refractivity contribution < 1.29 is 13.2 Å². The lowest BCUT2D eigenvalue weighted by molar-refractivity contribution is 0.104. The maximum atomic E-state index is 12.2. The van der Waals surface area contributed by atoms with Gasteiger partial charge >= 0.3 is 0 Å². The predicted octanol–water partition coefficient (Wildman–Crippen LogP) is 2.95. The van der Waals surface area contributed by atoms with Gasteiger partial charge in [0.2, 0.25) is 20.0 Å². The molecule has 2 rings (SSSR count). The van der Waals surface area contributed by atoms with Crippen molar-refractivity contribution in [2.75, 3.05) is 5.75 Å². The molecule has 4 nitrogen and oxygen atoms in total. The van der Waals surface area contributed by atoms with Crippen molar-refractivity contribution in [3.05, 3.63) is 47.0 Å². The third-order valence-corrected chi connectivity index (χ3v) is 6.04. The number of unbranched alkanes of at least 4 members (excludes halogenated alkanes) is 1. The summed E-state index contributed by atoms with van der Waals surface area (Å²) in [4.78, 5) is 16.4. The standard InChI is InChI=1S/C14H15NO3S2/c1-2-3-9-20(17,18)14-15-10-12(19-14)13(16)11-7-5-4-6-8-11/h4-8,10H,2-3,9H2,1H3. The first-order valence-corrected chi connectivity index (χ1v) is 8.80. The van der Waals surface area contributed by atoms with E-state index in [2.05, 4.69) is 4.98 Å². The van der Waals surface area contributed by atoms with Crippen molar-refractivity contribution in [1.29, 1.82) is 0 Å². The van der Waals surface area contributed by atoms with Gasteiger partial charge in [-0.2, -0.15) is 0 Å². The highest BCUT2D eigenvalue weighted by atomic mass is 32.2. The number of sulfone groups is 1. The Morgan fingerprint density at radius 2 is 1.95 bits per heavy atom. The third kappa shape index (κ3) is 3.32. The third-order valence-electron chi connectivity index (χ3n) is 2.78. The van der Waals surface area contributed by atoms with Gasteiger partial charge in [0.25, 0.3) is 0 Å². The average Bonchev–Trinajstić information content (AvgIpc) is 2.96. The van der Waals surface area contributed by atoms with Crippen LogP contribution < -0.4 is 0 Å². The van der Waals surface area contributed by atoms with E-state index in [-0.39, 0.29) is 15.9 Å². The highest BCUT2D eigenvalue weighted by Crippen LogP contribution is 2.22. The number of rotatable bonds is 6. The van der Waals surface area contributed by atoms with Gasteiger partial charge in [0.1, 0.15) is 0 Å². The summed E-state index contributed by atoms with van der Waals surface area (Å²) < 4.78 is 24.0. The van der Waals surface area contributed by atoms with Crippen molar-refractivity contribution in [2.45, 2.75) is 24.1 Å². The van der Waals surface area contributed by atoms with Crippen LogP contribution in [-0.4, -0.2) is 24.9 Å². The Hall–Kier alpha value is -1.53. The monoisotopic (exact) mass is 309 g/mol. The number of carbonyl (C=O) groups is 1. The molecule has 106 valence electrons. The number of hydrogen-bond donors (Lipinski definition) is 0. The van der Waals surface area contributed by atoms with Crippen LogP contribution in [0, 0.1) is 0 Å². The summed E-state index contributed by atoms with van der Waals surface area (Å²) >= 11 is 0.945. The van der Waals surface area contributed by atoms with Crippen LogP contribution >= 0.6 is 11.3 Å². The number of thiazole rings is 1. The lowest BCUT2D eigenvalue weighted by Crippen LogP contribution is -2.05. The molecule has 20 heavy (non-hydrogen) atoms. The summed E-state index contributed by atoms with van der Waals surface area (Å²) in [5.74, 6) is -0.115. The van der Waals surface area contributed by atoms with Gasteiger partial charge in [-0.1, -0.05) is 55.0 Å². The summed E-state index contributed by atoms with van der Waals surface area (Å²) in [7, 11) is -3.36. The average molecular weight is 309 g/mol. The Labute approximate surface area is 122 Å². The van der Waals surface area contributed by atoms with E-state index in [1.807, 2.05) is 13.0 Å². The van der Waals surface area contributed by atoms with Crippen LogP contribution in [0.3, 0.4) is 0 Å². The highest BCUT2D eigenvalue weighted by molar-refractivity contribution is 7.93. The summed E-state index contributed by atoms with van der Waals surface area (Å²) in [5, 5.41) is 0. The molecule has 0 saturated heterocycles. The zero-order valence-electron chi connectivity index (χ0n) is 11.1. The molecule has 0 aliphatic rings. The normalized spacial score (nSPS) is 11.4. The maximum Gasteiger partial charge on any atom is 0.209 e. The van der Waals surface area contributed by atoms with Crippen molar-refractivity contribution in [3.63, 3.8) is 0 Å². The van der Waals surface area contributed by atoms with Crippen molar-refractivity contribution >= 4 is 27.0 Å². The fraction of sp³-hybridized carbons (Fsp3) is 0.286. The molecule has 0 amide bonds. The van der Waals surface area contributed by atoms with E-state index < -0.39 is 9.84 Å². The zero-order valence-corrected chi connectivity index (χ0v) is 12.7. The molecular weight excluding hydrogens is 294 g/mol. The summed E-state index contributed by atoms with van der Waals surface area (Å²) in [6, 6.07) is 8.77. The molecular formula is C14H15NO3S2. The molecule has 1 aromatic carbocycles. The second-order valence-corrected chi connectivity index (χ2v) is 7.67. The molecule has 0 N–H and O–H groups in total. The summed E-state index contributed by atoms with van der Waals surface area (Å²) in [6.07, 6.45) is 2.75. The first kappa shape index (κ1) is 14.9. The second kappa shape index (κ2) is 6.28. The van der Waals surface area contributed by atoms with Crippen LogP contribution in [-0.2, 0) is 9.84 Å². The minimum Gasteiger partial charge on any atom is -0.288 e. The van der Waals surface area contributed by atoms with Gasteiger partial charge in [-0.25, -0.2) is 13.4 Å². The minimum absolute atomic E-state index is 0.0326. The van der Waals surface area contributed by atoms with E-state index in [9.17, 15) is 13.2 Å². The lowest BCUT2D eigenvalue weighted by Gasteiger charge is -1.98. The molecule has 2 aromatic rings. The fourth-order valence-corrected chi connectivity index (χ4v) is 4.35. The summed E-state index contributed by atoms with van der Waals surface area (Å²) in [6.45, 7) is 1.93. The largest absolute Gasteiger partial charge is 0.288 e. The van der Waals surface area contributed by atoms with Crippen LogP contribution in [0.15, 0.2) is 40.9 Å². The second-order valence-electron chi connectivity index (χ2n) is 4.36. The lowest BCUT2D eigenvalue weighted by atomic mass is 10.1. The Kier molecular flexibility index (Phi) is 4.67. The van der Waals surface area contributed by atoms with Crippen molar-refractivity contribution in [3.8, 4) is 0 Å². The molecule has 0 radical (unpaired) electrons. The van der Waals surface area contributed by atoms with E-state index in [0.717, 1.165) is 17.8 Å². The highest BCUT2D eigenvalue weighted by Gasteiger charge is 2.21. The van der Waals surface area contributed by atoms with Gasteiger partial charge in [0.15, 0.2) is 0 Å². The number of aromatic nitrogens is 1. The van der Waals surface area contributed by atoms with E-state index in [1.165, 1.54) is 6.20 Å². The number of hydrogen-bond acceptors (Lipinski definition) is 5. The molecule has 6 heteroatoms. The van der Waals surface area contributed by atoms with Gasteiger partial charge < -0.3 is 0 Å². The number of ketones is 1. The van der Waals surface area contributed by atoms with Crippen LogP contribution in [0.2, 0.25) is 0 Å². The molecule has 0 bridgehead atoms. The molecule has 0 aliphatic heterocycles. The first-order chi connectivity index (χ1) is 9.54. The molecule has 1 heterocycles. The number of benzene rings is 1. The van der Waals surface area contributed by atoms with E-state index >= 15 is 0 Å². The van der Waals surface area contributed by atoms with Crippen LogP contribution in [0.4, 0.5) is 0 Å². The molecule has 0 saturated carbocycles. The van der Waals surface area contributed by atoms with Gasteiger partial charge in [0, 0.05) is 5.56 Å². The molecule has 0 spiro atoms. The molecule has 0 unspecified atom stereocenters. The van der Waals surface area contributed by atoms with Crippen molar-refractivity contribution in [1.82, 2.24) is 4.98 Å². The van der Waals surface area contributed by atoms with Crippen LogP contribution in [0.1, 0.15) is 35.0 Å². The Morgan fingerprint density at radius 3 is 2.60 bits per heavy atom. The Morgan fingerprint density at radius 1 is 1.25 bits per heavy atom. The van der Waals surface area contributed by atoms with Crippen LogP contribution in [0.25, 0.3) is 0 Å². The van der Waals surface area contributed by atoms with Gasteiger partial charge in [-0.15, -0.1) is 0 Å². The molecule has 0 fully saturated rings. The topological polar surface area (TPSA) is 64.1 Å². The molecule has 0 aliphatic carbocycles. The van der Waals surface area contributed by atoms with Crippen molar-refractivity contribution in [2.24, 2.45) is 0 Å². The minimum atomic E-state index is -3.36. The van der Waals surface area contributed by atoms with E-state index in [0.29, 0.717) is 16.9 Å². The Bertz CT molecular complexity index is 690. The fourth-order valence-electron chi connectivity index (χ4n) is 1.66. The van der Waals surface area contributed by atoms with Gasteiger partial charge in [-0.05, 0) is 6.42 Å². The maximum absolute atomic E-state index is 12.2. The van der Waals surface area contributed by atoms with E-state index in [4.69, 9.17) is 0 Å².